The monoisotopic (exact) mass is 174 g/mol. The number of benzene rings is 1. The van der Waals surface area contributed by atoms with Crippen molar-refractivity contribution in [2.45, 2.75) is 9.79 Å². The lowest BCUT2D eigenvalue weighted by Gasteiger charge is -2.01. The van der Waals surface area contributed by atoms with Crippen LogP contribution in [0.2, 0.25) is 0 Å². The molecule has 4 heteroatoms. The molecule has 1 aromatic carbocycles. The zero-order chi connectivity index (χ0) is 7.72. The fraction of sp³-hybridized carbons (Fsp3) is 0. The van der Waals surface area contributed by atoms with Gasteiger partial charge in [0.1, 0.15) is 11.5 Å². The summed E-state index contributed by atoms with van der Waals surface area (Å²) in [5, 5.41) is 18.0. The van der Waals surface area contributed by atoms with Crippen LogP contribution < -0.4 is 0 Å². The molecule has 0 unspecified atom stereocenters. The summed E-state index contributed by atoms with van der Waals surface area (Å²) in [5.74, 6) is 0.0391. The molecule has 0 aromatic heterocycles. The topological polar surface area (TPSA) is 40.5 Å². The minimum absolute atomic E-state index is 0.0196. The van der Waals surface area contributed by atoms with Crippen molar-refractivity contribution in [2.24, 2.45) is 0 Å². The van der Waals surface area contributed by atoms with E-state index in [9.17, 15) is 0 Å². The summed E-state index contributed by atoms with van der Waals surface area (Å²) in [4.78, 5) is 0.590. The van der Waals surface area contributed by atoms with Crippen LogP contribution in [0.4, 0.5) is 0 Å². The summed E-state index contributed by atoms with van der Waals surface area (Å²) in [6.07, 6.45) is 0. The highest BCUT2D eigenvalue weighted by Gasteiger charge is 2.04. The maximum absolute atomic E-state index is 8.99. The maximum Gasteiger partial charge on any atom is 0.130 e. The molecule has 0 spiro atoms. The molecule has 0 amide bonds. The van der Waals surface area contributed by atoms with E-state index < -0.39 is 0 Å². The molecular weight excluding hydrogens is 168 g/mol. The number of hydrogen-bond acceptors (Lipinski definition) is 4. The Morgan fingerprint density at radius 1 is 0.900 bits per heavy atom. The van der Waals surface area contributed by atoms with Crippen LogP contribution >= 0.6 is 25.3 Å². The van der Waals surface area contributed by atoms with Crippen LogP contribution in [0.5, 0.6) is 11.5 Å². The Morgan fingerprint density at radius 3 is 1.50 bits per heavy atom. The third kappa shape index (κ3) is 1.17. The summed E-state index contributed by atoms with van der Waals surface area (Å²) < 4.78 is 0. The maximum atomic E-state index is 8.99. The Balaban J connectivity index is 3.34. The van der Waals surface area contributed by atoms with Gasteiger partial charge in [0.2, 0.25) is 0 Å². The van der Waals surface area contributed by atoms with Gasteiger partial charge < -0.3 is 10.2 Å². The highest BCUT2D eigenvalue weighted by molar-refractivity contribution is 7.83. The molecule has 0 saturated carbocycles. The van der Waals surface area contributed by atoms with Crippen molar-refractivity contribution < 1.29 is 10.2 Å². The summed E-state index contributed by atoms with van der Waals surface area (Å²) in [6.45, 7) is 0. The second-order valence-electron chi connectivity index (χ2n) is 1.80. The van der Waals surface area contributed by atoms with Crippen molar-refractivity contribution in [1.82, 2.24) is 0 Å². The molecule has 2 N–H and O–H groups in total. The molecule has 10 heavy (non-hydrogen) atoms. The first kappa shape index (κ1) is 7.63. The number of phenolic OH excluding ortho intramolecular Hbond substituents is 2. The van der Waals surface area contributed by atoms with Gasteiger partial charge in [-0.3, -0.25) is 0 Å². The third-order valence-corrected chi connectivity index (χ3v) is 2.19. The van der Waals surface area contributed by atoms with Crippen LogP contribution in [0, 0.1) is 0 Å². The standard InChI is InChI=1S/C6H6O2S2/c7-3-1-2-4(8)6(10)5(3)9/h1-2,7-10H. The molecule has 0 bridgehead atoms. The lowest BCUT2D eigenvalue weighted by molar-refractivity contribution is 0.436. The van der Waals surface area contributed by atoms with E-state index in [2.05, 4.69) is 25.3 Å². The Morgan fingerprint density at radius 2 is 1.20 bits per heavy atom. The lowest BCUT2D eigenvalue weighted by atomic mass is 10.3. The van der Waals surface area contributed by atoms with E-state index in [4.69, 9.17) is 10.2 Å². The summed E-state index contributed by atoms with van der Waals surface area (Å²) in [5.41, 5.74) is 0. The number of aromatic hydroxyl groups is 2. The van der Waals surface area contributed by atoms with Gasteiger partial charge in [0.05, 0.1) is 9.79 Å². The van der Waals surface area contributed by atoms with Gasteiger partial charge in [-0.25, -0.2) is 0 Å². The number of hydrogen-bond donors (Lipinski definition) is 4. The summed E-state index contributed by atoms with van der Waals surface area (Å²) in [6, 6.07) is 2.72. The average Bonchev–Trinajstić information content (AvgIpc) is 1.93. The highest BCUT2D eigenvalue weighted by Crippen LogP contribution is 2.34. The van der Waals surface area contributed by atoms with Gasteiger partial charge in [-0.1, -0.05) is 0 Å². The zero-order valence-electron chi connectivity index (χ0n) is 4.94. The highest BCUT2D eigenvalue weighted by atomic mass is 32.1. The fourth-order valence-corrected chi connectivity index (χ4v) is 0.937. The first-order chi connectivity index (χ1) is 4.63. The molecule has 0 aliphatic rings. The van der Waals surface area contributed by atoms with Crippen LogP contribution in [-0.2, 0) is 0 Å². The van der Waals surface area contributed by atoms with E-state index in [-0.39, 0.29) is 11.5 Å². The fourth-order valence-electron chi connectivity index (χ4n) is 0.558. The zero-order valence-corrected chi connectivity index (χ0v) is 6.73. The molecule has 54 valence electrons. The van der Waals surface area contributed by atoms with Crippen molar-refractivity contribution in [1.29, 1.82) is 0 Å². The number of phenols is 2. The molecule has 0 saturated heterocycles. The Kier molecular flexibility index (Phi) is 2.01. The van der Waals surface area contributed by atoms with Crippen LogP contribution in [0.3, 0.4) is 0 Å². The van der Waals surface area contributed by atoms with E-state index >= 15 is 0 Å². The summed E-state index contributed by atoms with van der Waals surface area (Å²) in [7, 11) is 0. The SMILES string of the molecule is Oc1ccc(O)c(S)c1S. The Hall–Kier alpha value is -0.480. The normalized spacial score (nSPS) is 9.80. The number of thiol groups is 2. The van der Waals surface area contributed by atoms with E-state index in [0.717, 1.165) is 0 Å². The number of rotatable bonds is 0. The van der Waals surface area contributed by atoms with Crippen molar-refractivity contribution in [3.63, 3.8) is 0 Å². The lowest BCUT2D eigenvalue weighted by Crippen LogP contribution is -1.73. The van der Waals surface area contributed by atoms with Crippen molar-refractivity contribution in [3.05, 3.63) is 12.1 Å². The Labute approximate surface area is 69.3 Å². The molecule has 0 fully saturated rings. The molecular formula is C6H6O2S2. The van der Waals surface area contributed by atoms with Gasteiger partial charge in [0.25, 0.3) is 0 Å². The van der Waals surface area contributed by atoms with Gasteiger partial charge in [-0.2, -0.15) is 0 Å². The molecule has 1 aromatic rings. The first-order valence-electron chi connectivity index (χ1n) is 2.56. The molecule has 1 rings (SSSR count). The predicted molar refractivity (Wildman–Crippen MR) is 44.3 cm³/mol. The molecule has 0 radical (unpaired) electrons. The minimum Gasteiger partial charge on any atom is -0.507 e. The van der Waals surface area contributed by atoms with Gasteiger partial charge in [0, 0.05) is 0 Å². The average molecular weight is 174 g/mol. The molecule has 0 aliphatic heterocycles. The van der Waals surface area contributed by atoms with Crippen molar-refractivity contribution in [2.75, 3.05) is 0 Å². The van der Waals surface area contributed by atoms with Crippen LogP contribution in [0.15, 0.2) is 21.9 Å². The van der Waals surface area contributed by atoms with E-state index in [1.165, 1.54) is 12.1 Å². The van der Waals surface area contributed by atoms with Gasteiger partial charge >= 0.3 is 0 Å². The quantitative estimate of drug-likeness (QED) is 0.357. The van der Waals surface area contributed by atoms with E-state index in [0.29, 0.717) is 9.79 Å². The second kappa shape index (κ2) is 2.64. The predicted octanol–water partition coefficient (Wildman–Crippen LogP) is 1.68. The van der Waals surface area contributed by atoms with E-state index in [1.807, 2.05) is 0 Å². The smallest absolute Gasteiger partial charge is 0.130 e. The molecule has 2 nitrogen and oxygen atoms in total. The molecule has 0 atom stereocenters. The summed E-state index contributed by atoms with van der Waals surface area (Å²) >= 11 is 7.79. The second-order valence-corrected chi connectivity index (χ2v) is 2.70. The van der Waals surface area contributed by atoms with Crippen LogP contribution in [0.25, 0.3) is 0 Å². The van der Waals surface area contributed by atoms with Crippen molar-refractivity contribution >= 4 is 25.3 Å². The minimum atomic E-state index is 0.0196. The van der Waals surface area contributed by atoms with Crippen LogP contribution in [0.1, 0.15) is 0 Å². The largest absolute Gasteiger partial charge is 0.507 e. The van der Waals surface area contributed by atoms with Gasteiger partial charge in [-0.05, 0) is 12.1 Å². The van der Waals surface area contributed by atoms with Crippen molar-refractivity contribution in [3.8, 4) is 11.5 Å². The third-order valence-electron chi connectivity index (χ3n) is 1.11. The molecule has 0 aliphatic carbocycles. The first-order valence-corrected chi connectivity index (χ1v) is 3.45. The Bertz CT molecular complexity index is 233. The molecule has 0 heterocycles. The van der Waals surface area contributed by atoms with Gasteiger partial charge in [-0.15, -0.1) is 25.3 Å². The van der Waals surface area contributed by atoms with E-state index in [1.54, 1.807) is 0 Å². The van der Waals surface area contributed by atoms with Crippen LogP contribution in [-0.4, -0.2) is 10.2 Å². The van der Waals surface area contributed by atoms with Gasteiger partial charge in [0.15, 0.2) is 0 Å².